The average molecular weight is 389 g/mol. The molecule has 3 aliphatic carbocycles. The van der Waals surface area contributed by atoms with Crippen LogP contribution in [-0.4, -0.2) is 74.9 Å². The number of ether oxygens (including phenoxy) is 2. The highest BCUT2D eigenvalue weighted by Crippen LogP contribution is 2.42. The maximum Gasteiger partial charge on any atom is 0.253 e. The lowest BCUT2D eigenvalue weighted by Gasteiger charge is -2.36. The molecule has 0 spiro atoms. The fraction of sp³-hybridized carbons (Fsp3) is 0.714. The highest BCUT2D eigenvalue weighted by atomic mass is 16.5. The molecule has 1 unspecified atom stereocenters. The molecule has 0 radical (unpaired) electrons. The van der Waals surface area contributed by atoms with Crippen molar-refractivity contribution in [3.8, 4) is 0 Å². The maximum atomic E-state index is 13.3. The summed E-state index contributed by atoms with van der Waals surface area (Å²) in [5, 5.41) is 6.20. The Labute approximate surface area is 166 Å². The number of carbonyl (C=O) groups excluding carboxylic acids is 2. The Bertz CT molecular complexity index is 665. The van der Waals surface area contributed by atoms with Crippen molar-refractivity contribution in [2.75, 3.05) is 40.0 Å². The Morgan fingerprint density at radius 1 is 1.36 bits per heavy atom. The summed E-state index contributed by atoms with van der Waals surface area (Å²) in [6.45, 7) is 3.01. The van der Waals surface area contributed by atoms with E-state index < -0.39 is 0 Å². The zero-order valence-corrected chi connectivity index (χ0v) is 16.6. The van der Waals surface area contributed by atoms with Crippen LogP contribution in [0.5, 0.6) is 0 Å². The van der Waals surface area contributed by atoms with Crippen molar-refractivity contribution in [2.24, 2.45) is 5.92 Å². The van der Waals surface area contributed by atoms with Crippen molar-refractivity contribution in [2.45, 2.75) is 50.3 Å². The van der Waals surface area contributed by atoms with Crippen molar-refractivity contribution in [3.05, 3.63) is 23.3 Å². The van der Waals surface area contributed by atoms with E-state index in [1.54, 1.807) is 7.11 Å². The molecular formula is C21H31N3O4. The van der Waals surface area contributed by atoms with Gasteiger partial charge in [0.15, 0.2) is 0 Å². The molecule has 2 fully saturated rings. The van der Waals surface area contributed by atoms with Gasteiger partial charge in [-0.05, 0) is 43.3 Å². The van der Waals surface area contributed by atoms with E-state index in [4.69, 9.17) is 9.47 Å². The number of hydrogen-bond acceptors (Lipinski definition) is 5. The van der Waals surface area contributed by atoms with E-state index >= 15 is 0 Å². The second kappa shape index (κ2) is 8.76. The SMILES string of the molecule is COCCNC(=O)C1C=CC2=C(C1)[C@@H](N(C(=O)[C@H]1CNCCO1)C1CC1)CC2. The maximum absolute atomic E-state index is 13.3. The van der Waals surface area contributed by atoms with Crippen LogP contribution < -0.4 is 10.6 Å². The summed E-state index contributed by atoms with van der Waals surface area (Å²) in [7, 11) is 1.63. The largest absolute Gasteiger partial charge is 0.383 e. The first-order chi connectivity index (χ1) is 13.7. The third kappa shape index (κ3) is 4.16. The van der Waals surface area contributed by atoms with Gasteiger partial charge in [0.2, 0.25) is 5.91 Å². The third-order valence-electron chi connectivity index (χ3n) is 6.15. The van der Waals surface area contributed by atoms with Crippen molar-refractivity contribution >= 4 is 11.8 Å². The average Bonchev–Trinajstić information content (AvgIpc) is 3.48. The summed E-state index contributed by atoms with van der Waals surface area (Å²) in [6.07, 6.45) is 8.52. The lowest BCUT2D eigenvalue weighted by molar-refractivity contribution is -0.147. The molecule has 1 saturated heterocycles. The van der Waals surface area contributed by atoms with Crippen LogP contribution in [0.1, 0.15) is 32.1 Å². The molecule has 1 aliphatic heterocycles. The van der Waals surface area contributed by atoms with Gasteiger partial charge >= 0.3 is 0 Å². The molecule has 2 amide bonds. The summed E-state index contributed by atoms with van der Waals surface area (Å²) >= 11 is 0. The van der Waals surface area contributed by atoms with Crippen molar-refractivity contribution in [3.63, 3.8) is 0 Å². The molecule has 7 nitrogen and oxygen atoms in total. The standard InChI is InChI=1S/C21H31N3O4/c1-27-10-9-23-20(25)15-3-2-14-4-7-18(17(14)12-15)24(16-5-6-16)21(26)19-13-22-8-11-28-19/h2-3,15-16,18-19,22H,4-13H2,1H3,(H,23,25)/t15?,18-,19+/m0/s1. The number of rotatable bonds is 7. The van der Waals surface area contributed by atoms with Crippen LogP contribution >= 0.6 is 0 Å². The van der Waals surface area contributed by atoms with E-state index in [-0.39, 0.29) is 29.9 Å². The lowest BCUT2D eigenvalue weighted by Crippen LogP contribution is -2.53. The molecule has 0 aromatic heterocycles. The molecule has 7 heteroatoms. The zero-order chi connectivity index (χ0) is 19.5. The van der Waals surface area contributed by atoms with Crippen molar-refractivity contribution in [1.82, 2.24) is 15.5 Å². The smallest absolute Gasteiger partial charge is 0.253 e. The topological polar surface area (TPSA) is 79.9 Å². The van der Waals surface area contributed by atoms with Gasteiger partial charge in [0.25, 0.3) is 5.91 Å². The molecule has 1 saturated carbocycles. The third-order valence-corrected chi connectivity index (χ3v) is 6.15. The molecule has 2 N–H and O–H groups in total. The molecule has 3 atom stereocenters. The van der Waals surface area contributed by atoms with Crippen LogP contribution in [0, 0.1) is 5.92 Å². The summed E-state index contributed by atoms with van der Waals surface area (Å²) < 4.78 is 10.8. The molecule has 4 rings (SSSR count). The van der Waals surface area contributed by atoms with Gasteiger partial charge in [-0.25, -0.2) is 0 Å². The second-order valence-corrected chi connectivity index (χ2v) is 8.10. The van der Waals surface area contributed by atoms with E-state index in [2.05, 4.69) is 21.6 Å². The van der Waals surface area contributed by atoms with Gasteiger partial charge in [0, 0.05) is 32.8 Å². The molecule has 28 heavy (non-hydrogen) atoms. The van der Waals surface area contributed by atoms with Crippen LogP contribution in [0.4, 0.5) is 0 Å². The van der Waals surface area contributed by atoms with E-state index in [1.807, 2.05) is 6.08 Å². The Hall–Kier alpha value is -1.70. The zero-order valence-electron chi connectivity index (χ0n) is 16.6. The summed E-state index contributed by atoms with van der Waals surface area (Å²) in [4.78, 5) is 27.9. The van der Waals surface area contributed by atoms with Gasteiger partial charge in [-0.2, -0.15) is 0 Å². The summed E-state index contributed by atoms with van der Waals surface area (Å²) in [6, 6.07) is 0.439. The number of carbonyl (C=O) groups is 2. The number of amides is 2. The van der Waals surface area contributed by atoms with Crippen molar-refractivity contribution in [1.29, 1.82) is 0 Å². The van der Waals surface area contributed by atoms with Crippen LogP contribution in [0.2, 0.25) is 0 Å². The fourth-order valence-corrected chi connectivity index (χ4v) is 4.56. The number of hydrogen-bond donors (Lipinski definition) is 2. The fourth-order valence-electron chi connectivity index (χ4n) is 4.56. The quantitative estimate of drug-likeness (QED) is 0.629. The normalized spacial score (nSPS) is 29.5. The molecule has 1 heterocycles. The summed E-state index contributed by atoms with van der Waals surface area (Å²) in [5.74, 6) is -0.0151. The Kier molecular flexibility index (Phi) is 6.13. The highest BCUT2D eigenvalue weighted by Gasteiger charge is 2.44. The number of nitrogens with zero attached hydrogens (tertiary/aromatic N) is 1. The molecule has 154 valence electrons. The molecule has 0 aromatic carbocycles. The monoisotopic (exact) mass is 389 g/mol. The highest BCUT2D eigenvalue weighted by molar-refractivity contribution is 5.84. The van der Waals surface area contributed by atoms with Gasteiger partial charge in [-0.1, -0.05) is 12.2 Å². The Morgan fingerprint density at radius 2 is 2.21 bits per heavy atom. The molecule has 0 aromatic rings. The minimum absolute atomic E-state index is 0.0367. The van der Waals surface area contributed by atoms with Crippen LogP contribution in [0.3, 0.4) is 0 Å². The minimum atomic E-state index is -0.383. The van der Waals surface area contributed by atoms with Gasteiger partial charge in [-0.15, -0.1) is 0 Å². The van der Waals surface area contributed by atoms with Gasteiger partial charge in [0.05, 0.1) is 25.2 Å². The first kappa shape index (κ1) is 19.6. The van der Waals surface area contributed by atoms with Gasteiger partial charge in [0.1, 0.15) is 6.10 Å². The molecule has 4 aliphatic rings. The molecule has 0 bridgehead atoms. The number of nitrogens with one attached hydrogen (secondary N) is 2. The number of allylic oxidation sites excluding steroid dienone is 2. The second-order valence-electron chi connectivity index (χ2n) is 8.10. The van der Waals surface area contributed by atoms with E-state index in [0.717, 1.165) is 32.2 Å². The first-order valence-corrected chi connectivity index (χ1v) is 10.5. The lowest BCUT2D eigenvalue weighted by atomic mass is 9.88. The van der Waals surface area contributed by atoms with Gasteiger partial charge < -0.3 is 25.0 Å². The van der Waals surface area contributed by atoms with Gasteiger partial charge in [-0.3, -0.25) is 9.59 Å². The predicted octanol–water partition coefficient (Wildman–Crippen LogP) is 0.764. The van der Waals surface area contributed by atoms with E-state index in [0.29, 0.717) is 38.8 Å². The van der Waals surface area contributed by atoms with Crippen LogP contribution in [0.15, 0.2) is 23.3 Å². The number of morpholine rings is 1. The summed E-state index contributed by atoms with van der Waals surface area (Å²) in [5.41, 5.74) is 2.59. The molecular weight excluding hydrogens is 358 g/mol. The number of methoxy groups -OCH3 is 1. The van der Waals surface area contributed by atoms with Crippen LogP contribution in [-0.2, 0) is 19.1 Å². The first-order valence-electron chi connectivity index (χ1n) is 10.5. The van der Waals surface area contributed by atoms with Crippen molar-refractivity contribution < 1.29 is 19.1 Å². The minimum Gasteiger partial charge on any atom is -0.383 e. The van der Waals surface area contributed by atoms with Crippen LogP contribution in [0.25, 0.3) is 0 Å². The van der Waals surface area contributed by atoms with E-state index in [1.165, 1.54) is 11.1 Å². The Morgan fingerprint density at radius 3 is 2.93 bits per heavy atom. The predicted molar refractivity (Wildman–Crippen MR) is 105 cm³/mol. The van der Waals surface area contributed by atoms with E-state index in [9.17, 15) is 9.59 Å². The Balaban J connectivity index is 1.45.